The molecule has 2 amide bonds. The van der Waals surface area contributed by atoms with Gasteiger partial charge >= 0.3 is 0 Å². The molecule has 27 heavy (non-hydrogen) atoms. The Balaban J connectivity index is 2.03. The zero-order valence-corrected chi connectivity index (χ0v) is 17.0. The van der Waals surface area contributed by atoms with E-state index in [1.165, 1.54) is 18.2 Å². The third kappa shape index (κ3) is 6.29. The largest absolute Gasteiger partial charge is 0.348 e. The molecule has 0 aromatic heterocycles. The number of halogens is 1. The minimum atomic E-state index is -0.535. The first-order chi connectivity index (χ1) is 12.8. The van der Waals surface area contributed by atoms with Crippen LogP contribution in [0.25, 0.3) is 0 Å². The highest BCUT2D eigenvalue weighted by Gasteiger charge is 2.15. The summed E-state index contributed by atoms with van der Waals surface area (Å²) in [5, 5.41) is 16.4. The molecule has 0 fully saturated rings. The van der Waals surface area contributed by atoms with Crippen LogP contribution in [0.2, 0.25) is 0 Å². The second-order valence-corrected chi connectivity index (χ2v) is 7.25. The summed E-state index contributed by atoms with van der Waals surface area (Å²) in [5.41, 5.74) is 1.55. The second-order valence-electron chi connectivity index (χ2n) is 6.09. The quantitative estimate of drug-likeness (QED) is 0.359. The summed E-state index contributed by atoms with van der Waals surface area (Å²) in [6.07, 6.45) is 0. The molecular formula is C18H19IN4O4. The number of hydrogen-bond acceptors (Lipinski definition) is 5. The highest BCUT2D eigenvalue weighted by molar-refractivity contribution is 14.1. The number of hydrogen-bond donors (Lipinski definition) is 2. The van der Waals surface area contributed by atoms with Crippen molar-refractivity contribution in [3.8, 4) is 0 Å². The monoisotopic (exact) mass is 482 g/mol. The lowest BCUT2D eigenvalue weighted by atomic mass is 10.1. The fourth-order valence-corrected chi connectivity index (χ4v) is 2.91. The molecule has 9 heteroatoms. The van der Waals surface area contributed by atoms with Crippen LogP contribution in [-0.2, 0) is 11.3 Å². The lowest BCUT2D eigenvalue weighted by molar-refractivity contribution is -0.384. The summed E-state index contributed by atoms with van der Waals surface area (Å²) in [6, 6.07) is 11.3. The van der Waals surface area contributed by atoms with E-state index in [1.807, 2.05) is 28.7 Å². The lowest BCUT2D eigenvalue weighted by Gasteiger charge is -2.11. The van der Waals surface area contributed by atoms with E-state index in [0.717, 1.165) is 5.56 Å². The van der Waals surface area contributed by atoms with Crippen molar-refractivity contribution < 1.29 is 14.5 Å². The second kappa shape index (κ2) is 9.42. The SMILES string of the molecule is CN(C)CC(=O)Nc1cccc(CNC(=O)c2cc([N+](=O)[O-])ccc2I)c1. The first-order valence-corrected chi connectivity index (χ1v) is 9.10. The first kappa shape index (κ1) is 20.8. The minimum Gasteiger partial charge on any atom is -0.348 e. The van der Waals surface area contributed by atoms with Gasteiger partial charge in [-0.15, -0.1) is 0 Å². The number of nitrogens with zero attached hydrogens (tertiary/aromatic N) is 2. The third-order valence-electron chi connectivity index (χ3n) is 3.53. The van der Waals surface area contributed by atoms with Crippen LogP contribution in [-0.4, -0.2) is 42.3 Å². The van der Waals surface area contributed by atoms with Crippen LogP contribution < -0.4 is 10.6 Å². The third-order valence-corrected chi connectivity index (χ3v) is 4.47. The highest BCUT2D eigenvalue weighted by Crippen LogP contribution is 2.19. The summed E-state index contributed by atoms with van der Waals surface area (Å²) in [7, 11) is 3.61. The molecule has 0 aliphatic carbocycles. The van der Waals surface area contributed by atoms with Gasteiger partial charge in [0.25, 0.3) is 11.6 Å². The Morgan fingerprint density at radius 1 is 1.19 bits per heavy atom. The molecule has 2 N–H and O–H groups in total. The fraction of sp³-hybridized carbons (Fsp3) is 0.222. The van der Waals surface area contributed by atoms with Crippen molar-refractivity contribution in [3.05, 3.63) is 67.3 Å². The smallest absolute Gasteiger partial charge is 0.270 e. The molecule has 0 spiro atoms. The van der Waals surface area contributed by atoms with E-state index in [9.17, 15) is 19.7 Å². The van der Waals surface area contributed by atoms with E-state index in [4.69, 9.17) is 0 Å². The predicted molar refractivity (Wildman–Crippen MR) is 111 cm³/mol. The van der Waals surface area contributed by atoms with Crippen LogP contribution in [0, 0.1) is 13.7 Å². The molecule has 0 unspecified atom stereocenters. The van der Waals surface area contributed by atoms with E-state index >= 15 is 0 Å². The molecule has 0 radical (unpaired) electrons. The van der Waals surface area contributed by atoms with Crippen molar-refractivity contribution >= 4 is 45.8 Å². The van der Waals surface area contributed by atoms with Gasteiger partial charge in [0.05, 0.1) is 17.0 Å². The average Bonchev–Trinajstić information content (AvgIpc) is 2.59. The maximum Gasteiger partial charge on any atom is 0.270 e. The maximum absolute atomic E-state index is 12.4. The Labute approximate surface area is 170 Å². The van der Waals surface area contributed by atoms with Crippen molar-refractivity contribution in [1.29, 1.82) is 0 Å². The van der Waals surface area contributed by atoms with Crippen LogP contribution in [0.5, 0.6) is 0 Å². The first-order valence-electron chi connectivity index (χ1n) is 8.02. The van der Waals surface area contributed by atoms with E-state index in [1.54, 1.807) is 37.2 Å². The Morgan fingerprint density at radius 3 is 2.59 bits per heavy atom. The van der Waals surface area contributed by atoms with E-state index < -0.39 is 10.8 Å². The van der Waals surface area contributed by atoms with Crippen molar-refractivity contribution in [1.82, 2.24) is 10.2 Å². The summed E-state index contributed by atoms with van der Waals surface area (Å²) >= 11 is 1.96. The van der Waals surface area contributed by atoms with Crippen LogP contribution >= 0.6 is 22.6 Å². The number of rotatable bonds is 7. The minimum absolute atomic E-state index is 0.132. The normalized spacial score (nSPS) is 10.5. The molecule has 0 aliphatic heterocycles. The maximum atomic E-state index is 12.4. The van der Waals surface area contributed by atoms with E-state index in [2.05, 4.69) is 10.6 Å². The van der Waals surface area contributed by atoms with Gasteiger partial charge in [-0.1, -0.05) is 12.1 Å². The summed E-state index contributed by atoms with van der Waals surface area (Å²) in [5.74, 6) is -0.530. The number of amides is 2. The molecule has 2 aromatic carbocycles. The highest BCUT2D eigenvalue weighted by atomic mass is 127. The van der Waals surface area contributed by atoms with Gasteiger partial charge in [0.1, 0.15) is 0 Å². The molecule has 0 aliphatic rings. The van der Waals surface area contributed by atoms with Crippen molar-refractivity contribution in [2.24, 2.45) is 0 Å². The number of nitro benzene ring substituents is 1. The zero-order valence-electron chi connectivity index (χ0n) is 14.9. The summed E-state index contributed by atoms with van der Waals surface area (Å²) < 4.78 is 0.625. The topological polar surface area (TPSA) is 105 Å². The van der Waals surface area contributed by atoms with Gasteiger partial charge in [0, 0.05) is 27.9 Å². The van der Waals surface area contributed by atoms with Gasteiger partial charge in [-0.05, 0) is 60.4 Å². The number of nitro groups is 1. The molecule has 2 aromatic rings. The Hall–Kier alpha value is -2.53. The van der Waals surface area contributed by atoms with Crippen molar-refractivity contribution in [3.63, 3.8) is 0 Å². The Kier molecular flexibility index (Phi) is 7.25. The number of non-ortho nitro benzene ring substituents is 1. The van der Waals surface area contributed by atoms with Crippen LogP contribution in [0.3, 0.4) is 0 Å². The van der Waals surface area contributed by atoms with Gasteiger partial charge in [-0.25, -0.2) is 0 Å². The summed E-state index contributed by atoms with van der Waals surface area (Å²) in [6.45, 7) is 0.501. The number of carbonyl (C=O) groups is 2. The number of benzene rings is 2. The van der Waals surface area contributed by atoms with Crippen molar-refractivity contribution in [2.45, 2.75) is 6.54 Å². The van der Waals surface area contributed by atoms with Gasteiger partial charge in [0.2, 0.25) is 5.91 Å². The number of carbonyl (C=O) groups excluding carboxylic acids is 2. The molecule has 0 saturated carbocycles. The van der Waals surface area contributed by atoms with E-state index in [0.29, 0.717) is 9.26 Å². The number of likely N-dealkylation sites (N-methyl/N-ethyl adjacent to an activating group) is 1. The zero-order chi connectivity index (χ0) is 20.0. The standard InChI is InChI=1S/C18H19IN4O4/c1-22(2)11-17(24)21-13-5-3-4-12(8-13)10-20-18(25)15-9-14(23(26)27)6-7-16(15)19/h3-9H,10-11H2,1-2H3,(H,20,25)(H,21,24). The lowest BCUT2D eigenvalue weighted by Crippen LogP contribution is -2.27. The number of anilines is 1. The molecule has 0 heterocycles. The molecule has 0 saturated heterocycles. The van der Waals surface area contributed by atoms with Crippen LogP contribution in [0.4, 0.5) is 11.4 Å². The fourth-order valence-electron chi connectivity index (χ4n) is 2.33. The number of nitrogens with one attached hydrogen (secondary N) is 2. The molecule has 0 bridgehead atoms. The Morgan fingerprint density at radius 2 is 1.93 bits per heavy atom. The molecule has 8 nitrogen and oxygen atoms in total. The Bertz CT molecular complexity index is 870. The summed E-state index contributed by atoms with van der Waals surface area (Å²) in [4.78, 5) is 36.3. The van der Waals surface area contributed by atoms with Gasteiger partial charge in [0.15, 0.2) is 0 Å². The average molecular weight is 482 g/mol. The van der Waals surface area contributed by atoms with E-state index in [-0.39, 0.29) is 30.2 Å². The van der Waals surface area contributed by atoms with Gasteiger partial charge in [-0.3, -0.25) is 19.7 Å². The van der Waals surface area contributed by atoms with Gasteiger partial charge < -0.3 is 15.5 Å². The molecule has 142 valence electrons. The van der Waals surface area contributed by atoms with Crippen LogP contribution in [0.1, 0.15) is 15.9 Å². The molecular weight excluding hydrogens is 463 g/mol. The van der Waals surface area contributed by atoms with Crippen molar-refractivity contribution in [2.75, 3.05) is 26.0 Å². The van der Waals surface area contributed by atoms with Crippen LogP contribution in [0.15, 0.2) is 42.5 Å². The molecule has 0 atom stereocenters. The predicted octanol–water partition coefficient (Wildman–Crippen LogP) is 2.63. The molecule has 2 rings (SSSR count). The van der Waals surface area contributed by atoms with Gasteiger partial charge in [-0.2, -0.15) is 0 Å².